The Kier molecular flexibility index (Phi) is 5.35. The number of hydrogen-bond acceptors (Lipinski definition) is 7. The molecule has 0 spiro atoms. The van der Waals surface area contributed by atoms with E-state index in [1.807, 2.05) is 5.73 Å². The fraction of sp³-hybridized carbons (Fsp3) is 0.471. The summed E-state index contributed by atoms with van der Waals surface area (Å²) < 4.78 is 17.9. The summed E-state index contributed by atoms with van der Waals surface area (Å²) in [5.41, 5.74) is 2.51. The maximum absolute atomic E-state index is 12.3. The Morgan fingerprint density at radius 3 is 2.93 bits per heavy atom. The number of aryl methyl sites for hydroxylation is 1. The van der Waals surface area contributed by atoms with Crippen LogP contribution in [0, 0.1) is 0 Å². The summed E-state index contributed by atoms with van der Waals surface area (Å²) in [6.07, 6.45) is 0.488. The molecule has 3 rings (SSSR count). The lowest BCUT2D eigenvalue weighted by Gasteiger charge is -2.40. The van der Waals surface area contributed by atoms with Crippen molar-refractivity contribution in [2.45, 2.75) is 31.8 Å². The number of rotatable bonds is 7. The minimum Gasteiger partial charge on any atom is -0.535 e. The summed E-state index contributed by atoms with van der Waals surface area (Å²) in [5.74, 6) is -1.75. The number of likely N-dealkylation sites (tertiary alicyclic amines) is 1. The van der Waals surface area contributed by atoms with Gasteiger partial charge in [-0.3, -0.25) is 9.59 Å². The largest absolute Gasteiger partial charge is 0.535 e. The molecule has 2 aliphatic heterocycles. The van der Waals surface area contributed by atoms with Crippen LogP contribution < -0.4 is 20.4 Å². The van der Waals surface area contributed by atoms with Gasteiger partial charge in [-0.2, -0.15) is 0 Å². The van der Waals surface area contributed by atoms with Gasteiger partial charge in [0.15, 0.2) is 0 Å². The molecule has 1 fully saturated rings. The summed E-state index contributed by atoms with van der Waals surface area (Å²) >= 11 is 0. The van der Waals surface area contributed by atoms with E-state index in [4.69, 9.17) is 10.8 Å². The smallest absolute Gasteiger partial charge is 0.522 e. The highest BCUT2D eigenvalue weighted by Gasteiger charge is 2.37. The van der Waals surface area contributed by atoms with E-state index in [1.54, 1.807) is 19.1 Å². The van der Waals surface area contributed by atoms with Gasteiger partial charge in [0, 0.05) is 0 Å². The zero-order chi connectivity index (χ0) is 21.1. The van der Waals surface area contributed by atoms with Crippen molar-refractivity contribution >= 4 is 24.9 Å². The zero-order valence-electron chi connectivity index (χ0n) is 16.3. The molecule has 1 aromatic carbocycles. The molecule has 0 radical (unpaired) electrons. The molecular weight excluding hydrogens is 369 g/mol. The number of carbonyl (C=O) groups excluding carboxylic acids is 2. The number of benzene rings is 1. The van der Waals surface area contributed by atoms with E-state index in [0.29, 0.717) is 18.3 Å². The van der Waals surface area contributed by atoms with Crippen molar-refractivity contribution in [3.8, 4) is 11.5 Å². The van der Waals surface area contributed by atoms with Crippen molar-refractivity contribution < 1.29 is 35.3 Å². The first-order chi connectivity index (χ1) is 13.8. The second kappa shape index (κ2) is 8.07. The summed E-state index contributed by atoms with van der Waals surface area (Å²) in [4.78, 5) is 37.0. The second-order valence-corrected chi connectivity index (χ2v) is 6.79. The monoisotopic (exact) mass is 392 g/mol. The first kappa shape index (κ1) is 18.6. The number of nitrogens with two attached hydrogens (primary N) is 1. The van der Waals surface area contributed by atoms with E-state index in [2.05, 4.69) is 5.32 Å². The van der Waals surface area contributed by atoms with Crippen LogP contribution in [0.2, 0.25) is 7.73 Å². The highest BCUT2D eigenvalue weighted by atomic mass is 16.5. The highest BCUT2D eigenvalue weighted by molar-refractivity contribution is 6.44. The number of nitrogens with one attached hydrogen (secondary N) is 1. The zero-order valence-corrected chi connectivity index (χ0v) is 15.3. The Labute approximate surface area is 163 Å². The van der Waals surface area contributed by atoms with Crippen LogP contribution in [0.1, 0.15) is 22.8 Å². The third kappa shape index (κ3) is 4.05. The molecule has 150 valence electrons. The number of carboxylic acid groups (broad SMARTS) is 1. The molecular formula is C17H22BN3O7. The molecule has 1 atom stereocenters. The predicted octanol–water partition coefficient (Wildman–Crippen LogP) is -1.15. The van der Waals surface area contributed by atoms with E-state index >= 15 is 0 Å². The first-order valence-corrected chi connectivity index (χ1v) is 8.93. The van der Waals surface area contributed by atoms with Crippen LogP contribution in [-0.2, 0) is 16.0 Å². The normalized spacial score (nSPS) is 17.6. The Morgan fingerprint density at radius 1 is 1.50 bits per heavy atom. The Bertz CT molecular complexity index is 818. The Morgan fingerprint density at radius 2 is 2.25 bits per heavy atom. The maximum Gasteiger partial charge on any atom is 0.522 e. The van der Waals surface area contributed by atoms with Gasteiger partial charge >= 0.3 is 13.1 Å². The molecule has 1 saturated heterocycles. The molecule has 5 N–H and O–H groups in total. The average Bonchev–Trinajstić information content (AvgIpc) is 2.63. The molecule has 10 nitrogen and oxygen atoms in total. The van der Waals surface area contributed by atoms with Gasteiger partial charge in [-0.05, 0) is 31.3 Å². The number of amides is 2. The third-order valence-corrected chi connectivity index (χ3v) is 4.69. The Hall–Kier alpha value is -2.79. The minimum absolute atomic E-state index is 0.111. The van der Waals surface area contributed by atoms with E-state index < -0.39 is 31.1 Å². The SMILES string of the molecule is [2H]NCC(=O)N[C@@H](C)C(=O)N1CC(Oc2ccc3c(c2C(=O)O)OB(O)CC3)C1. The van der Waals surface area contributed by atoms with Crippen molar-refractivity contribution in [2.75, 3.05) is 19.6 Å². The molecule has 1 aromatic rings. The van der Waals surface area contributed by atoms with Crippen molar-refractivity contribution in [2.24, 2.45) is 5.73 Å². The summed E-state index contributed by atoms with van der Waals surface area (Å²) in [6, 6.07) is 2.53. The van der Waals surface area contributed by atoms with E-state index in [9.17, 15) is 24.5 Å². The van der Waals surface area contributed by atoms with Crippen LogP contribution in [0.15, 0.2) is 12.1 Å². The lowest BCUT2D eigenvalue weighted by molar-refractivity contribution is -0.143. The van der Waals surface area contributed by atoms with Gasteiger partial charge in [0.2, 0.25) is 11.8 Å². The van der Waals surface area contributed by atoms with Gasteiger partial charge in [-0.25, -0.2) is 4.79 Å². The summed E-state index contributed by atoms with van der Waals surface area (Å²) in [7, 11) is -1.06. The second-order valence-electron chi connectivity index (χ2n) is 6.79. The van der Waals surface area contributed by atoms with Crippen LogP contribution in [0.25, 0.3) is 0 Å². The van der Waals surface area contributed by atoms with E-state index in [-0.39, 0.29) is 42.6 Å². The summed E-state index contributed by atoms with van der Waals surface area (Å²) in [6.45, 7) is 1.83. The lowest BCUT2D eigenvalue weighted by Crippen LogP contribution is -2.60. The maximum atomic E-state index is 12.3. The molecule has 28 heavy (non-hydrogen) atoms. The van der Waals surface area contributed by atoms with Gasteiger partial charge < -0.3 is 35.5 Å². The van der Waals surface area contributed by atoms with Crippen LogP contribution >= 0.6 is 0 Å². The third-order valence-electron chi connectivity index (χ3n) is 4.69. The lowest BCUT2D eigenvalue weighted by atomic mass is 9.78. The molecule has 0 unspecified atom stereocenters. The molecule has 2 aliphatic rings. The highest BCUT2D eigenvalue weighted by Crippen LogP contribution is 2.37. The van der Waals surface area contributed by atoms with Crippen molar-refractivity contribution in [3.05, 3.63) is 23.3 Å². The molecule has 0 saturated carbocycles. The number of fused-ring (bicyclic) bond motifs is 1. The molecule has 2 amide bonds. The standard InChI is InChI=1S/C17H22BN3O7/c1-9(20-13(22)6-19)16(23)21-7-11(8-21)27-12-3-2-10-4-5-18(26)28-15(10)14(12)17(24)25/h2-3,9,11,26H,4-8,19H2,1H3,(H,20,22)(H,24,25)/t9-/m0/s1/i/hD. The molecule has 11 heteroatoms. The van der Waals surface area contributed by atoms with Gasteiger partial charge in [-0.1, -0.05) is 6.07 Å². The molecule has 2 heterocycles. The Balaban J connectivity index is 1.62. The molecule has 0 aromatic heterocycles. The molecule has 0 aliphatic carbocycles. The van der Waals surface area contributed by atoms with E-state index in [0.717, 1.165) is 0 Å². The topological polar surface area (TPSA) is 151 Å². The van der Waals surface area contributed by atoms with Gasteiger partial charge in [0.05, 0.1) is 19.6 Å². The number of hydrogen-bond donors (Lipinski definition) is 4. The van der Waals surface area contributed by atoms with Crippen molar-refractivity contribution in [3.63, 3.8) is 0 Å². The van der Waals surface area contributed by atoms with Crippen LogP contribution in [-0.4, -0.2) is 71.7 Å². The van der Waals surface area contributed by atoms with E-state index in [1.165, 1.54) is 4.90 Å². The van der Waals surface area contributed by atoms with Crippen LogP contribution in [0.4, 0.5) is 0 Å². The average molecular weight is 392 g/mol. The number of carboxylic acids is 1. The number of aromatic carboxylic acids is 1. The molecule has 0 bridgehead atoms. The summed E-state index contributed by atoms with van der Waals surface area (Å²) in [5, 5.41) is 21.8. The van der Waals surface area contributed by atoms with Crippen molar-refractivity contribution in [1.29, 1.82) is 0 Å². The van der Waals surface area contributed by atoms with Crippen molar-refractivity contribution in [1.82, 2.24) is 10.2 Å². The van der Waals surface area contributed by atoms with Gasteiger partial charge in [0.25, 0.3) is 0 Å². The number of ether oxygens (including phenoxy) is 1. The minimum atomic E-state index is -1.22. The number of carbonyl (C=O) groups is 3. The number of nitrogens with zero attached hydrogens (tertiary/aromatic N) is 1. The quantitative estimate of drug-likeness (QED) is 0.425. The fourth-order valence-corrected chi connectivity index (χ4v) is 3.21. The van der Waals surface area contributed by atoms with Gasteiger partial charge in [0.1, 0.15) is 30.6 Å². The predicted molar refractivity (Wildman–Crippen MR) is 98.2 cm³/mol. The van der Waals surface area contributed by atoms with Crippen LogP contribution in [0.3, 0.4) is 0 Å². The van der Waals surface area contributed by atoms with Gasteiger partial charge in [-0.15, -0.1) is 0 Å². The first-order valence-electron chi connectivity index (χ1n) is 9.43. The van der Waals surface area contributed by atoms with Crippen LogP contribution in [0.5, 0.6) is 11.5 Å². The fourth-order valence-electron chi connectivity index (χ4n) is 3.21.